The first-order valence-corrected chi connectivity index (χ1v) is 17.4. The molecule has 4 aromatic carbocycles. The summed E-state index contributed by atoms with van der Waals surface area (Å²) in [7, 11) is -2.38. The maximum atomic E-state index is 13.8. The Balaban J connectivity index is 0.978. The minimum atomic E-state index is -3.83. The number of nitrogens with zero attached hydrogens (tertiary/aromatic N) is 2. The van der Waals surface area contributed by atoms with Crippen LogP contribution in [0.3, 0.4) is 0 Å². The van der Waals surface area contributed by atoms with Crippen LogP contribution in [0.2, 0.25) is 0 Å². The van der Waals surface area contributed by atoms with Gasteiger partial charge in [-0.2, -0.15) is 0 Å². The van der Waals surface area contributed by atoms with Crippen LogP contribution in [-0.2, 0) is 29.0 Å². The van der Waals surface area contributed by atoms with Crippen molar-refractivity contribution in [3.05, 3.63) is 115 Å². The summed E-state index contributed by atoms with van der Waals surface area (Å²) in [5.41, 5.74) is 1.36. The van der Waals surface area contributed by atoms with E-state index in [2.05, 4.69) is 0 Å². The Morgan fingerprint density at radius 3 is 1.49 bits per heavy atom. The zero-order chi connectivity index (χ0) is 34.2. The highest BCUT2D eigenvalue weighted by molar-refractivity contribution is 7.91. The lowest BCUT2D eigenvalue weighted by molar-refractivity contribution is -0.138. The number of allylic oxidation sites excluding steroid dienone is 2. The first-order chi connectivity index (χ1) is 23.5. The summed E-state index contributed by atoms with van der Waals surface area (Å²) in [6.07, 6.45) is 3.65. The Morgan fingerprint density at radius 1 is 0.551 bits per heavy atom. The second-order valence-electron chi connectivity index (χ2n) is 12.9. The number of imide groups is 2. The molecule has 0 N–H and O–H groups in total. The Kier molecular flexibility index (Phi) is 7.07. The Bertz CT molecular complexity index is 2150. The molecule has 3 fully saturated rings. The van der Waals surface area contributed by atoms with Gasteiger partial charge in [-0.1, -0.05) is 30.4 Å². The molecule has 2 heterocycles. The molecule has 0 spiro atoms. The molecular weight excluding hydrogens is 644 g/mol. The average molecular weight is 675 g/mol. The van der Waals surface area contributed by atoms with E-state index in [4.69, 9.17) is 9.47 Å². The molecular formula is C38H30N2O8S. The number of carbonyl (C=O) groups excluding carboxylic acids is 4. The van der Waals surface area contributed by atoms with Gasteiger partial charge in [-0.05, 0) is 85.3 Å². The fourth-order valence-corrected chi connectivity index (χ4v) is 9.04. The Morgan fingerprint density at radius 2 is 1.00 bits per heavy atom. The van der Waals surface area contributed by atoms with Crippen LogP contribution in [0, 0.1) is 42.4 Å². The molecule has 4 aromatic rings. The van der Waals surface area contributed by atoms with Crippen LogP contribution in [0.4, 0.5) is 5.69 Å². The van der Waals surface area contributed by atoms with E-state index in [1.807, 2.05) is 43.3 Å². The number of ether oxygens (including phenoxy) is 2. The van der Waals surface area contributed by atoms with Crippen molar-refractivity contribution >= 4 is 39.2 Å². The van der Waals surface area contributed by atoms with E-state index < -0.39 is 57.2 Å². The summed E-state index contributed by atoms with van der Waals surface area (Å²) in [5.74, 6) is -3.32. The van der Waals surface area contributed by atoms with Crippen molar-refractivity contribution in [3.8, 4) is 23.0 Å². The molecule has 3 aliphatic carbocycles. The van der Waals surface area contributed by atoms with Gasteiger partial charge < -0.3 is 9.47 Å². The highest BCUT2D eigenvalue weighted by atomic mass is 32.2. The van der Waals surface area contributed by atoms with E-state index in [-0.39, 0.29) is 21.6 Å². The number of aryl methyl sites for hydroxylation is 1. The smallest absolute Gasteiger partial charge is 0.238 e. The summed E-state index contributed by atoms with van der Waals surface area (Å²) in [4.78, 5) is 55.9. The van der Waals surface area contributed by atoms with Gasteiger partial charge in [-0.15, -0.1) is 0 Å². The van der Waals surface area contributed by atoms with Gasteiger partial charge in [0.05, 0.1) is 39.1 Å². The molecule has 2 aliphatic heterocycles. The molecule has 5 aliphatic rings. The predicted octanol–water partition coefficient (Wildman–Crippen LogP) is 5.56. The molecule has 6 atom stereocenters. The fourth-order valence-electron chi connectivity index (χ4n) is 7.78. The van der Waals surface area contributed by atoms with Gasteiger partial charge in [0.1, 0.15) is 23.0 Å². The number of anilines is 1. The lowest BCUT2D eigenvalue weighted by Crippen LogP contribution is -2.50. The van der Waals surface area contributed by atoms with E-state index in [1.54, 1.807) is 36.4 Å². The standard InChI is InChI=1S/C38H30N2O8S/c1-21-5-3-7-25(19-21)47-23-9-13-27(14-10-23)49(45,46)28-15-11-24(12-16-28)48-26-8-4-6-22(20-26)40-37(43)33-29-17-18-30(34(33)38(40)44)32-31(29)35(41)39(2)36(32)42/h3-20,29-34H,1-2H3. The molecule has 0 radical (unpaired) electrons. The second-order valence-corrected chi connectivity index (χ2v) is 14.8. The minimum Gasteiger partial charge on any atom is -0.457 e. The van der Waals surface area contributed by atoms with Gasteiger partial charge in [0, 0.05) is 24.9 Å². The number of sulfone groups is 1. The van der Waals surface area contributed by atoms with E-state index in [0.717, 1.165) is 15.4 Å². The second kappa shape index (κ2) is 11.3. The molecule has 2 bridgehead atoms. The third-order valence-corrected chi connectivity index (χ3v) is 11.8. The van der Waals surface area contributed by atoms with E-state index in [0.29, 0.717) is 28.7 Å². The topological polar surface area (TPSA) is 127 Å². The molecule has 246 valence electrons. The van der Waals surface area contributed by atoms with Crippen molar-refractivity contribution in [1.29, 1.82) is 0 Å². The summed E-state index contributed by atoms with van der Waals surface area (Å²) in [6.45, 7) is 1.96. The van der Waals surface area contributed by atoms with Gasteiger partial charge in [0.2, 0.25) is 33.5 Å². The van der Waals surface area contributed by atoms with E-state index in [9.17, 15) is 27.6 Å². The summed E-state index contributed by atoms with van der Waals surface area (Å²) in [6, 6.07) is 26.2. The summed E-state index contributed by atoms with van der Waals surface area (Å²) < 4.78 is 38.5. The van der Waals surface area contributed by atoms with Gasteiger partial charge in [-0.3, -0.25) is 24.1 Å². The molecule has 10 nitrogen and oxygen atoms in total. The quantitative estimate of drug-likeness (QED) is 0.184. The van der Waals surface area contributed by atoms with Gasteiger partial charge in [-0.25, -0.2) is 13.3 Å². The van der Waals surface area contributed by atoms with E-state index in [1.165, 1.54) is 43.4 Å². The first-order valence-electron chi connectivity index (χ1n) is 15.9. The highest BCUT2D eigenvalue weighted by Crippen LogP contribution is 2.58. The number of amides is 4. The van der Waals surface area contributed by atoms with Gasteiger partial charge in [0.15, 0.2) is 0 Å². The molecule has 9 rings (SSSR count). The van der Waals surface area contributed by atoms with Crippen LogP contribution >= 0.6 is 0 Å². The van der Waals surface area contributed by atoms with Crippen molar-refractivity contribution in [3.63, 3.8) is 0 Å². The highest BCUT2D eigenvalue weighted by Gasteiger charge is 2.68. The SMILES string of the molecule is Cc1cccc(Oc2ccc(S(=O)(=O)c3ccc(Oc4cccc(N5C(=O)C6C7C=CC(C8C(=O)N(C)C(=O)C78)C6C5=O)c4)cc3)cc2)c1. The molecule has 11 heteroatoms. The monoisotopic (exact) mass is 674 g/mol. The number of hydrogen-bond acceptors (Lipinski definition) is 8. The normalized spacial score (nSPS) is 25.5. The fraction of sp³-hybridized carbons (Fsp3) is 0.211. The van der Waals surface area contributed by atoms with Gasteiger partial charge in [0.25, 0.3) is 0 Å². The molecule has 0 aromatic heterocycles. The number of hydrogen-bond donors (Lipinski definition) is 0. The number of likely N-dealkylation sites (tertiary alicyclic amines) is 1. The van der Waals surface area contributed by atoms with Crippen molar-refractivity contribution in [2.75, 3.05) is 11.9 Å². The summed E-state index contributed by atoms with van der Waals surface area (Å²) >= 11 is 0. The Hall–Kier alpha value is -5.55. The van der Waals surface area contributed by atoms with Crippen molar-refractivity contribution in [2.45, 2.75) is 16.7 Å². The lowest BCUT2D eigenvalue weighted by atomic mass is 9.54. The molecule has 6 unspecified atom stereocenters. The van der Waals surface area contributed by atoms with E-state index >= 15 is 0 Å². The molecule has 4 amide bonds. The Labute approximate surface area is 282 Å². The zero-order valence-electron chi connectivity index (χ0n) is 26.4. The third-order valence-electron chi connectivity index (χ3n) is 10.0. The van der Waals surface area contributed by atoms with Crippen LogP contribution < -0.4 is 14.4 Å². The van der Waals surface area contributed by atoms with Crippen molar-refractivity contribution in [1.82, 2.24) is 4.90 Å². The molecule has 49 heavy (non-hydrogen) atoms. The zero-order valence-corrected chi connectivity index (χ0v) is 27.2. The number of rotatable bonds is 7. The first kappa shape index (κ1) is 30.8. The average Bonchev–Trinajstić information content (AvgIpc) is 3.51. The van der Waals surface area contributed by atoms with Crippen LogP contribution in [-0.4, -0.2) is 44.0 Å². The molecule has 2 saturated heterocycles. The number of carbonyl (C=O) groups is 4. The molecule has 1 saturated carbocycles. The minimum absolute atomic E-state index is 0.0768. The van der Waals surface area contributed by atoms with Gasteiger partial charge >= 0.3 is 0 Å². The van der Waals surface area contributed by atoms with Crippen LogP contribution in [0.1, 0.15) is 5.56 Å². The maximum absolute atomic E-state index is 13.8. The van der Waals surface area contributed by atoms with Crippen LogP contribution in [0.25, 0.3) is 0 Å². The van der Waals surface area contributed by atoms with Crippen molar-refractivity contribution in [2.24, 2.45) is 35.5 Å². The van der Waals surface area contributed by atoms with Crippen LogP contribution in [0.5, 0.6) is 23.0 Å². The van der Waals surface area contributed by atoms with Crippen molar-refractivity contribution < 1.29 is 37.1 Å². The van der Waals surface area contributed by atoms with Crippen LogP contribution in [0.15, 0.2) is 119 Å². The number of benzene rings is 4. The summed E-state index contributed by atoms with van der Waals surface area (Å²) in [5, 5.41) is 0. The maximum Gasteiger partial charge on any atom is 0.238 e. The predicted molar refractivity (Wildman–Crippen MR) is 176 cm³/mol. The third kappa shape index (κ3) is 4.87. The largest absolute Gasteiger partial charge is 0.457 e. The lowest BCUT2D eigenvalue weighted by Gasteiger charge is -2.44.